The van der Waals surface area contributed by atoms with Gasteiger partial charge >= 0.3 is 0 Å². The molecule has 0 unspecified atom stereocenters. The van der Waals surface area contributed by atoms with Crippen molar-refractivity contribution in [3.8, 4) is 22.6 Å². The van der Waals surface area contributed by atoms with Gasteiger partial charge in [0.05, 0.1) is 29.8 Å². The van der Waals surface area contributed by atoms with E-state index in [1.807, 2.05) is 12.1 Å². The normalized spacial score (nSPS) is 21.1. The third-order valence-corrected chi connectivity index (χ3v) is 10.4. The molecule has 8 nitrogen and oxygen atoms in total. The van der Waals surface area contributed by atoms with Crippen molar-refractivity contribution in [3.63, 3.8) is 0 Å². The summed E-state index contributed by atoms with van der Waals surface area (Å²) < 4.78 is 31.5. The maximum absolute atomic E-state index is 12.0. The van der Waals surface area contributed by atoms with E-state index in [0.29, 0.717) is 22.4 Å². The highest BCUT2D eigenvalue weighted by molar-refractivity contribution is 7.90. The molecule has 4 aliphatic rings. The van der Waals surface area contributed by atoms with Crippen molar-refractivity contribution < 1.29 is 13.2 Å². The average Bonchev–Trinajstić information content (AvgIpc) is 3.64. The van der Waals surface area contributed by atoms with Crippen molar-refractivity contribution in [1.29, 1.82) is 0 Å². The molecule has 41 heavy (non-hydrogen) atoms. The summed E-state index contributed by atoms with van der Waals surface area (Å²) in [6, 6.07) is 19.1. The van der Waals surface area contributed by atoms with Gasteiger partial charge < -0.3 is 9.30 Å². The lowest BCUT2D eigenvalue weighted by Crippen LogP contribution is -2.74. The van der Waals surface area contributed by atoms with Gasteiger partial charge in [-0.2, -0.15) is 0 Å². The molecule has 0 N–H and O–H groups in total. The van der Waals surface area contributed by atoms with Crippen LogP contribution in [0.3, 0.4) is 0 Å². The van der Waals surface area contributed by atoms with Crippen LogP contribution in [0.1, 0.15) is 30.0 Å². The number of ether oxygens (including phenoxy) is 1. The molecule has 1 spiro atoms. The number of pyridine rings is 1. The maximum Gasteiger partial charge on any atom is 0.175 e. The summed E-state index contributed by atoms with van der Waals surface area (Å²) in [4.78, 5) is 15.6. The van der Waals surface area contributed by atoms with Crippen LogP contribution in [0.5, 0.6) is 0 Å². The minimum atomic E-state index is -3.25. The summed E-state index contributed by atoms with van der Waals surface area (Å²) >= 11 is 0. The standard InChI is InChI=1S/C32H35N5O3S/c1-21-13-28(23-5-3-22(4-6-23)14-35-17-32(18-35)19-36(20-32)26-15-40-16-26)33-31-29(21)34-30(37(31)25-9-10-25)24-7-11-27(12-8-24)41(2,38)39/h3-8,11-13,25-26H,9-10,14-20H2,1-2H3. The van der Waals surface area contributed by atoms with Gasteiger partial charge in [0.2, 0.25) is 0 Å². The number of sulfone groups is 1. The Hall–Kier alpha value is -3.11. The fraction of sp³-hybridized carbons (Fsp3) is 0.438. The van der Waals surface area contributed by atoms with Gasteiger partial charge in [0.1, 0.15) is 11.3 Å². The van der Waals surface area contributed by atoms with E-state index >= 15 is 0 Å². The number of benzene rings is 2. The first-order valence-corrected chi connectivity index (χ1v) is 16.5. The lowest BCUT2D eigenvalue weighted by atomic mass is 9.72. The highest BCUT2D eigenvalue weighted by Crippen LogP contribution is 2.43. The molecule has 2 aromatic carbocycles. The number of nitrogens with zero attached hydrogens (tertiary/aromatic N) is 5. The molecule has 0 amide bonds. The van der Waals surface area contributed by atoms with Gasteiger partial charge in [-0.15, -0.1) is 0 Å². The molecule has 3 aliphatic heterocycles. The van der Waals surface area contributed by atoms with E-state index in [0.717, 1.165) is 72.0 Å². The number of aryl methyl sites for hydroxylation is 1. The lowest BCUT2D eigenvalue weighted by Gasteiger charge is -2.63. The minimum absolute atomic E-state index is 0.318. The minimum Gasteiger partial charge on any atom is -0.378 e. The second-order valence-electron chi connectivity index (χ2n) is 12.8. The van der Waals surface area contributed by atoms with Gasteiger partial charge in [-0.05, 0) is 61.2 Å². The average molecular weight is 570 g/mol. The molecule has 8 rings (SSSR count). The van der Waals surface area contributed by atoms with Crippen LogP contribution in [0.25, 0.3) is 33.8 Å². The van der Waals surface area contributed by atoms with Crippen molar-refractivity contribution in [2.24, 2.45) is 5.41 Å². The third kappa shape index (κ3) is 4.50. The number of aromatic nitrogens is 3. The zero-order chi connectivity index (χ0) is 27.9. The van der Waals surface area contributed by atoms with Gasteiger partial charge in [-0.3, -0.25) is 9.80 Å². The Bertz CT molecular complexity index is 1740. The van der Waals surface area contributed by atoms with E-state index in [1.54, 1.807) is 12.1 Å². The van der Waals surface area contributed by atoms with Crippen LogP contribution in [0.4, 0.5) is 0 Å². The Balaban J connectivity index is 1.02. The molecule has 0 atom stereocenters. The second kappa shape index (κ2) is 9.19. The topological polar surface area (TPSA) is 80.6 Å². The Morgan fingerprint density at radius 1 is 0.902 bits per heavy atom. The van der Waals surface area contributed by atoms with E-state index in [9.17, 15) is 8.42 Å². The number of imidazole rings is 1. The monoisotopic (exact) mass is 569 g/mol. The molecule has 4 fully saturated rings. The molecule has 0 radical (unpaired) electrons. The van der Waals surface area contributed by atoms with Crippen LogP contribution >= 0.6 is 0 Å². The Kier molecular flexibility index (Phi) is 5.74. The van der Waals surface area contributed by atoms with Gasteiger partial charge in [0.15, 0.2) is 15.5 Å². The maximum atomic E-state index is 12.0. The highest BCUT2D eigenvalue weighted by atomic mass is 32.2. The number of likely N-dealkylation sites (tertiary alicyclic amines) is 2. The molecular formula is C32H35N5O3S. The first-order valence-electron chi connectivity index (χ1n) is 14.6. The van der Waals surface area contributed by atoms with E-state index < -0.39 is 9.84 Å². The summed E-state index contributed by atoms with van der Waals surface area (Å²) in [5.41, 5.74) is 7.74. The van der Waals surface area contributed by atoms with Crippen LogP contribution in [-0.2, 0) is 21.1 Å². The molecule has 1 aliphatic carbocycles. The zero-order valence-electron chi connectivity index (χ0n) is 23.6. The van der Waals surface area contributed by atoms with Gasteiger partial charge in [0, 0.05) is 61.6 Å². The SMILES string of the molecule is Cc1cc(-c2ccc(CN3CC4(C3)CN(C3COC3)C4)cc2)nc2c1nc(-c1ccc(S(C)(=O)=O)cc1)n2C1CC1. The van der Waals surface area contributed by atoms with Gasteiger partial charge in [0.25, 0.3) is 0 Å². The van der Waals surface area contributed by atoms with Crippen LogP contribution < -0.4 is 0 Å². The summed E-state index contributed by atoms with van der Waals surface area (Å²) in [6.45, 7) is 9.78. The van der Waals surface area contributed by atoms with E-state index in [-0.39, 0.29) is 0 Å². The molecule has 1 saturated carbocycles. The van der Waals surface area contributed by atoms with Crippen molar-refractivity contribution in [2.75, 3.05) is 45.6 Å². The predicted octanol–water partition coefficient (Wildman–Crippen LogP) is 4.33. The number of hydrogen-bond acceptors (Lipinski definition) is 7. The summed E-state index contributed by atoms with van der Waals surface area (Å²) in [7, 11) is -3.25. The fourth-order valence-electron chi connectivity index (χ4n) is 6.86. The second-order valence-corrected chi connectivity index (χ2v) is 14.8. The smallest absolute Gasteiger partial charge is 0.175 e. The quantitative estimate of drug-likeness (QED) is 0.328. The van der Waals surface area contributed by atoms with E-state index in [4.69, 9.17) is 14.7 Å². The zero-order valence-corrected chi connectivity index (χ0v) is 24.4. The predicted molar refractivity (Wildman–Crippen MR) is 158 cm³/mol. The number of fused-ring (bicyclic) bond motifs is 1. The van der Waals surface area contributed by atoms with Gasteiger partial charge in [-0.25, -0.2) is 18.4 Å². The molecule has 3 saturated heterocycles. The van der Waals surface area contributed by atoms with Crippen LogP contribution in [0.2, 0.25) is 0 Å². The van der Waals surface area contributed by atoms with E-state index in [2.05, 4.69) is 51.6 Å². The van der Waals surface area contributed by atoms with Crippen LogP contribution in [-0.4, -0.2) is 84.4 Å². The van der Waals surface area contributed by atoms with E-state index in [1.165, 1.54) is 38.0 Å². The van der Waals surface area contributed by atoms with Crippen molar-refractivity contribution >= 4 is 21.0 Å². The fourth-order valence-corrected chi connectivity index (χ4v) is 7.49. The Morgan fingerprint density at radius 3 is 2.20 bits per heavy atom. The number of rotatable bonds is 7. The third-order valence-electron chi connectivity index (χ3n) is 9.28. The summed E-state index contributed by atoms with van der Waals surface area (Å²) in [5, 5.41) is 0. The molecule has 212 valence electrons. The number of hydrogen-bond donors (Lipinski definition) is 0. The molecule has 9 heteroatoms. The lowest BCUT2D eigenvalue weighted by molar-refractivity contribution is -0.177. The molecule has 0 bridgehead atoms. The van der Waals surface area contributed by atoms with Crippen molar-refractivity contribution in [2.45, 2.75) is 43.3 Å². The Labute approximate surface area is 240 Å². The van der Waals surface area contributed by atoms with Crippen LogP contribution in [0.15, 0.2) is 59.5 Å². The largest absolute Gasteiger partial charge is 0.378 e. The van der Waals surface area contributed by atoms with Crippen molar-refractivity contribution in [1.82, 2.24) is 24.3 Å². The van der Waals surface area contributed by atoms with Gasteiger partial charge in [-0.1, -0.05) is 24.3 Å². The summed E-state index contributed by atoms with van der Waals surface area (Å²) in [6.07, 6.45) is 3.44. The molecular weight excluding hydrogens is 534 g/mol. The molecule has 2 aromatic heterocycles. The van der Waals surface area contributed by atoms with Crippen molar-refractivity contribution in [3.05, 3.63) is 65.7 Å². The highest BCUT2D eigenvalue weighted by Gasteiger charge is 2.53. The molecule has 5 heterocycles. The first-order chi connectivity index (χ1) is 19.7. The van der Waals surface area contributed by atoms with Crippen LogP contribution in [0, 0.1) is 12.3 Å². The summed E-state index contributed by atoms with van der Waals surface area (Å²) in [5.74, 6) is 0.855. The first kappa shape index (κ1) is 25.6. The molecule has 4 aromatic rings. The Morgan fingerprint density at radius 2 is 1.59 bits per heavy atom.